The number of hydrogen-bond donors (Lipinski definition) is 0. The van der Waals surface area contributed by atoms with Crippen LogP contribution in [0.4, 0.5) is 0 Å². The molecule has 0 bridgehead atoms. The highest BCUT2D eigenvalue weighted by molar-refractivity contribution is 6.73. The summed E-state index contributed by atoms with van der Waals surface area (Å²) in [6.07, 6.45) is 1.86. The number of benzene rings is 1. The number of fused-ring (bicyclic) bond motifs is 3. The Morgan fingerprint density at radius 3 is 2.77 bits per heavy atom. The summed E-state index contributed by atoms with van der Waals surface area (Å²) in [4.78, 5) is 4.40. The monoisotopic (exact) mass is 165 g/mol. The molecule has 1 aliphatic rings. The highest BCUT2D eigenvalue weighted by Crippen LogP contribution is 2.15. The van der Waals surface area contributed by atoms with Crippen LogP contribution < -0.4 is 10.9 Å². The van der Waals surface area contributed by atoms with E-state index < -0.39 is 0 Å². The molecule has 2 heteroatoms. The lowest BCUT2D eigenvalue weighted by Gasteiger charge is -1.97. The predicted molar refractivity (Wildman–Crippen MR) is 56.1 cm³/mol. The van der Waals surface area contributed by atoms with Crippen LogP contribution in [0.15, 0.2) is 42.6 Å². The topological polar surface area (TPSA) is 12.9 Å². The molecule has 0 atom stereocenters. The van der Waals surface area contributed by atoms with Gasteiger partial charge in [0.2, 0.25) is 0 Å². The van der Waals surface area contributed by atoms with E-state index in [1.54, 1.807) is 0 Å². The number of rotatable bonds is 0. The first-order valence-electron chi connectivity index (χ1n) is 4.47. The van der Waals surface area contributed by atoms with Gasteiger partial charge in [0, 0.05) is 6.20 Å². The summed E-state index contributed by atoms with van der Waals surface area (Å²) in [5, 5.41) is 0. The molecular weight excluding hydrogens is 157 g/mol. The van der Waals surface area contributed by atoms with E-state index in [-0.39, 0.29) is 0 Å². The maximum Gasteiger partial charge on any atom is 0.196 e. The van der Waals surface area contributed by atoms with Gasteiger partial charge in [0.05, 0.1) is 5.69 Å². The first-order valence-corrected chi connectivity index (χ1v) is 4.47. The normalized spacial score (nSPS) is 11.7. The van der Waals surface area contributed by atoms with Crippen LogP contribution in [0.25, 0.3) is 11.3 Å². The fourth-order valence-corrected chi connectivity index (χ4v) is 1.93. The van der Waals surface area contributed by atoms with Gasteiger partial charge in [0.25, 0.3) is 0 Å². The molecular formula is C11H8BN. The molecule has 0 aliphatic carbocycles. The van der Waals surface area contributed by atoms with E-state index in [4.69, 9.17) is 0 Å². The second-order valence-corrected chi connectivity index (χ2v) is 3.35. The Labute approximate surface area is 77.7 Å². The molecule has 1 aromatic heterocycles. The summed E-state index contributed by atoms with van der Waals surface area (Å²) in [7, 11) is 1.04. The first-order chi connectivity index (χ1) is 6.45. The Hall–Kier alpha value is -1.57. The van der Waals surface area contributed by atoms with Crippen LogP contribution in [-0.2, 0) is 0 Å². The van der Waals surface area contributed by atoms with Crippen molar-refractivity contribution in [2.45, 2.75) is 0 Å². The molecule has 1 nitrogen and oxygen atoms in total. The van der Waals surface area contributed by atoms with Crippen molar-refractivity contribution in [2.75, 3.05) is 0 Å². The van der Waals surface area contributed by atoms with Gasteiger partial charge in [0.15, 0.2) is 7.28 Å². The van der Waals surface area contributed by atoms with Crippen molar-refractivity contribution in [3.8, 4) is 11.3 Å². The van der Waals surface area contributed by atoms with Crippen LogP contribution in [0.1, 0.15) is 0 Å². The standard InChI is InChI=1S/C11H8BN/c1-2-5-9-8(4-1)11-10(12-9)6-3-7-13-11/h1-7,12H. The van der Waals surface area contributed by atoms with Crippen molar-refractivity contribution in [3.05, 3.63) is 42.6 Å². The highest BCUT2D eigenvalue weighted by Gasteiger charge is 2.18. The summed E-state index contributed by atoms with van der Waals surface area (Å²) in [6, 6.07) is 12.6. The summed E-state index contributed by atoms with van der Waals surface area (Å²) in [6.45, 7) is 0. The highest BCUT2D eigenvalue weighted by atomic mass is 14.7. The van der Waals surface area contributed by atoms with Gasteiger partial charge in [0.1, 0.15) is 0 Å². The average Bonchev–Trinajstić information content (AvgIpc) is 2.56. The van der Waals surface area contributed by atoms with Crippen LogP contribution in [0.3, 0.4) is 0 Å². The Morgan fingerprint density at radius 2 is 1.77 bits per heavy atom. The molecule has 2 heterocycles. The SMILES string of the molecule is B1c2ccccc2-c2ncccc21. The van der Waals surface area contributed by atoms with Gasteiger partial charge in [-0.15, -0.1) is 0 Å². The molecule has 2 aromatic rings. The Kier molecular flexibility index (Phi) is 1.30. The average molecular weight is 165 g/mol. The molecule has 0 fully saturated rings. The minimum absolute atomic E-state index is 1.04. The molecule has 1 aromatic carbocycles. The Bertz CT molecular complexity index is 422. The molecule has 3 rings (SSSR count). The van der Waals surface area contributed by atoms with Crippen molar-refractivity contribution < 1.29 is 0 Å². The largest absolute Gasteiger partial charge is 0.257 e. The molecule has 0 saturated heterocycles. The Morgan fingerprint density at radius 1 is 0.923 bits per heavy atom. The van der Waals surface area contributed by atoms with Crippen molar-refractivity contribution in [1.29, 1.82) is 0 Å². The zero-order valence-corrected chi connectivity index (χ0v) is 7.20. The number of aromatic nitrogens is 1. The fraction of sp³-hybridized carbons (Fsp3) is 0. The molecule has 0 radical (unpaired) electrons. The molecule has 1 aliphatic heterocycles. The van der Waals surface area contributed by atoms with Crippen LogP contribution in [-0.4, -0.2) is 12.3 Å². The third kappa shape index (κ3) is 0.918. The summed E-state index contributed by atoms with van der Waals surface area (Å²) >= 11 is 0. The minimum Gasteiger partial charge on any atom is -0.257 e. The smallest absolute Gasteiger partial charge is 0.196 e. The number of pyridine rings is 1. The second kappa shape index (κ2) is 2.46. The Balaban J connectivity index is 2.32. The third-order valence-electron chi connectivity index (χ3n) is 2.54. The summed E-state index contributed by atoms with van der Waals surface area (Å²) in [5.74, 6) is 0. The number of nitrogens with zero attached hydrogens (tertiary/aromatic N) is 1. The van der Waals surface area contributed by atoms with E-state index in [0.29, 0.717) is 0 Å². The number of hydrogen-bond acceptors (Lipinski definition) is 1. The van der Waals surface area contributed by atoms with Crippen LogP contribution in [0.2, 0.25) is 0 Å². The van der Waals surface area contributed by atoms with Crippen molar-refractivity contribution in [3.63, 3.8) is 0 Å². The van der Waals surface area contributed by atoms with Crippen LogP contribution in [0, 0.1) is 0 Å². The lowest BCUT2D eigenvalue weighted by molar-refractivity contribution is 1.36. The van der Waals surface area contributed by atoms with Crippen molar-refractivity contribution >= 4 is 18.2 Å². The fourth-order valence-electron chi connectivity index (χ4n) is 1.93. The quantitative estimate of drug-likeness (QED) is 0.440. The molecule has 0 spiro atoms. The van der Waals surface area contributed by atoms with E-state index in [9.17, 15) is 0 Å². The van der Waals surface area contributed by atoms with E-state index in [2.05, 4.69) is 35.3 Å². The zero-order valence-electron chi connectivity index (χ0n) is 7.20. The molecule has 0 N–H and O–H groups in total. The summed E-state index contributed by atoms with van der Waals surface area (Å²) < 4.78 is 0. The molecule has 60 valence electrons. The van der Waals surface area contributed by atoms with E-state index in [1.807, 2.05) is 12.3 Å². The van der Waals surface area contributed by atoms with Gasteiger partial charge < -0.3 is 0 Å². The van der Waals surface area contributed by atoms with E-state index >= 15 is 0 Å². The first kappa shape index (κ1) is 6.90. The van der Waals surface area contributed by atoms with Gasteiger partial charge in [-0.3, -0.25) is 4.98 Å². The van der Waals surface area contributed by atoms with E-state index in [0.717, 1.165) is 13.0 Å². The van der Waals surface area contributed by atoms with Gasteiger partial charge in [-0.2, -0.15) is 0 Å². The molecule has 0 saturated carbocycles. The third-order valence-corrected chi connectivity index (χ3v) is 2.54. The molecule has 13 heavy (non-hydrogen) atoms. The lowest BCUT2D eigenvalue weighted by atomic mass is 9.68. The maximum absolute atomic E-state index is 4.40. The van der Waals surface area contributed by atoms with Gasteiger partial charge in [-0.25, -0.2) is 0 Å². The molecule has 0 amide bonds. The minimum atomic E-state index is 1.04. The van der Waals surface area contributed by atoms with Crippen LogP contribution >= 0.6 is 0 Å². The van der Waals surface area contributed by atoms with Gasteiger partial charge in [-0.05, 0) is 11.6 Å². The lowest BCUT2D eigenvalue weighted by Crippen LogP contribution is -2.20. The zero-order chi connectivity index (χ0) is 8.67. The predicted octanol–water partition coefficient (Wildman–Crippen LogP) is 0.449. The maximum atomic E-state index is 4.40. The van der Waals surface area contributed by atoms with Crippen LogP contribution in [0.5, 0.6) is 0 Å². The second-order valence-electron chi connectivity index (χ2n) is 3.35. The van der Waals surface area contributed by atoms with E-state index in [1.165, 1.54) is 16.5 Å². The van der Waals surface area contributed by atoms with Crippen molar-refractivity contribution in [1.82, 2.24) is 4.98 Å². The molecule has 0 unspecified atom stereocenters. The van der Waals surface area contributed by atoms with Gasteiger partial charge in [-0.1, -0.05) is 41.3 Å². The summed E-state index contributed by atoms with van der Waals surface area (Å²) in [5.41, 5.74) is 5.22. The van der Waals surface area contributed by atoms with Gasteiger partial charge >= 0.3 is 0 Å². The van der Waals surface area contributed by atoms with Crippen molar-refractivity contribution in [2.24, 2.45) is 0 Å².